The lowest BCUT2D eigenvalue weighted by molar-refractivity contribution is -0.189. The van der Waals surface area contributed by atoms with Crippen molar-refractivity contribution in [3.05, 3.63) is 72.3 Å². The van der Waals surface area contributed by atoms with E-state index in [0.29, 0.717) is 0 Å². The number of nitrogens with zero attached hydrogens (tertiary/aromatic N) is 1. The lowest BCUT2D eigenvalue weighted by Crippen LogP contribution is -2.61. The second-order valence-corrected chi connectivity index (χ2v) is 7.05. The van der Waals surface area contributed by atoms with Crippen LogP contribution in [0.4, 0.5) is 5.69 Å². The van der Waals surface area contributed by atoms with Gasteiger partial charge in [0.1, 0.15) is 11.9 Å². The molecule has 1 saturated heterocycles. The van der Waals surface area contributed by atoms with Gasteiger partial charge in [0.2, 0.25) is 0 Å². The minimum atomic E-state index is -0.686. The first-order chi connectivity index (χ1) is 14.6. The van der Waals surface area contributed by atoms with E-state index in [1.807, 2.05) is 54.6 Å². The zero-order valence-electron chi connectivity index (χ0n) is 16.8. The van der Waals surface area contributed by atoms with Crippen molar-refractivity contribution in [2.45, 2.75) is 31.5 Å². The second kappa shape index (κ2) is 8.69. The van der Waals surface area contributed by atoms with E-state index in [1.165, 1.54) is 6.92 Å². The van der Waals surface area contributed by atoms with Crippen LogP contribution >= 0.6 is 0 Å². The molecule has 0 radical (unpaired) electrons. The fraction of sp³-hybridized carbons (Fsp3) is 0.304. The summed E-state index contributed by atoms with van der Waals surface area (Å²) in [6.07, 6.45) is 1.57. The van der Waals surface area contributed by atoms with E-state index in [2.05, 4.69) is 0 Å². The smallest absolute Gasteiger partial charge is 0.303 e. The van der Waals surface area contributed by atoms with E-state index < -0.39 is 18.5 Å². The van der Waals surface area contributed by atoms with E-state index in [-0.39, 0.29) is 24.5 Å². The summed E-state index contributed by atoms with van der Waals surface area (Å²) in [6, 6.07) is 16.8. The van der Waals surface area contributed by atoms with Gasteiger partial charge in [0.05, 0.1) is 19.8 Å². The van der Waals surface area contributed by atoms with Crippen LogP contribution < -0.4 is 9.64 Å². The molecule has 7 nitrogen and oxygen atoms in total. The number of benzene rings is 2. The molecule has 2 aliphatic rings. The summed E-state index contributed by atoms with van der Waals surface area (Å²) in [4.78, 5) is 25.8. The number of carbonyl (C=O) groups is 2. The first-order valence-electron chi connectivity index (χ1n) is 9.71. The van der Waals surface area contributed by atoms with Gasteiger partial charge >= 0.3 is 5.97 Å². The number of ether oxygens (including phenoxy) is 4. The van der Waals surface area contributed by atoms with E-state index in [0.717, 1.165) is 17.0 Å². The van der Waals surface area contributed by atoms with Crippen molar-refractivity contribution >= 4 is 17.6 Å². The van der Waals surface area contributed by atoms with Crippen LogP contribution in [-0.4, -0.2) is 44.1 Å². The van der Waals surface area contributed by atoms with Crippen molar-refractivity contribution in [2.75, 3.05) is 18.6 Å². The first kappa shape index (κ1) is 20.1. The van der Waals surface area contributed by atoms with Crippen molar-refractivity contribution in [1.82, 2.24) is 0 Å². The Morgan fingerprint density at radius 2 is 1.80 bits per heavy atom. The molecule has 0 aromatic heterocycles. The van der Waals surface area contributed by atoms with Crippen LogP contribution in [0.25, 0.3) is 0 Å². The summed E-state index contributed by atoms with van der Waals surface area (Å²) in [7, 11) is 1.60. The quantitative estimate of drug-likeness (QED) is 0.415. The van der Waals surface area contributed by atoms with Crippen LogP contribution in [0.5, 0.6) is 5.75 Å². The number of hydrogen-bond acceptors (Lipinski definition) is 6. The molecule has 4 rings (SSSR count). The number of methoxy groups -OCH3 is 1. The Hall–Kier alpha value is -3.16. The van der Waals surface area contributed by atoms with Gasteiger partial charge < -0.3 is 18.9 Å². The Morgan fingerprint density at radius 3 is 2.40 bits per heavy atom. The molecule has 0 N–H and O–H groups in total. The molecule has 30 heavy (non-hydrogen) atoms. The van der Waals surface area contributed by atoms with Crippen LogP contribution in [0, 0.1) is 0 Å². The Kier molecular flexibility index (Phi) is 5.83. The van der Waals surface area contributed by atoms with E-state index in [1.54, 1.807) is 24.2 Å². The lowest BCUT2D eigenvalue weighted by atomic mass is 9.89. The van der Waals surface area contributed by atoms with Crippen molar-refractivity contribution < 1.29 is 28.5 Å². The molecule has 2 aromatic carbocycles. The first-order valence-corrected chi connectivity index (χ1v) is 9.71. The average molecular weight is 409 g/mol. The predicted molar refractivity (Wildman–Crippen MR) is 109 cm³/mol. The molecule has 0 spiro atoms. The van der Waals surface area contributed by atoms with Gasteiger partial charge in [0.25, 0.3) is 5.91 Å². The summed E-state index contributed by atoms with van der Waals surface area (Å²) in [6.45, 7) is 1.53. The highest BCUT2D eigenvalue weighted by Gasteiger charge is 2.51. The van der Waals surface area contributed by atoms with E-state index >= 15 is 0 Å². The summed E-state index contributed by atoms with van der Waals surface area (Å²) in [5.41, 5.74) is 1.74. The fourth-order valence-corrected chi connectivity index (χ4v) is 3.63. The number of rotatable bonds is 6. The molecular weight excluding hydrogens is 386 g/mol. The third kappa shape index (κ3) is 4.08. The van der Waals surface area contributed by atoms with Gasteiger partial charge in [-0.3, -0.25) is 14.5 Å². The van der Waals surface area contributed by atoms with Crippen molar-refractivity contribution in [2.24, 2.45) is 0 Å². The van der Waals surface area contributed by atoms with E-state index in [9.17, 15) is 9.59 Å². The minimum Gasteiger partial charge on any atom is -0.497 e. The Balaban J connectivity index is 1.52. The molecule has 1 amide bonds. The van der Waals surface area contributed by atoms with Gasteiger partial charge in [0.15, 0.2) is 12.4 Å². The van der Waals surface area contributed by atoms with Gasteiger partial charge in [0, 0.05) is 12.6 Å². The molecule has 1 fully saturated rings. The zero-order valence-corrected chi connectivity index (χ0v) is 16.8. The molecule has 4 atom stereocenters. The Bertz CT molecular complexity index is 926. The monoisotopic (exact) mass is 409 g/mol. The number of esters is 1. The topological polar surface area (TPSA) is 74.3 Å². The average Bonchev–Trinajstić information content (AvgIpc) is 2.77. The Labute approximate surface area is 174 Å². The van der Waals surface area contributed by atoms with Crippen molar-refractivity contribution in [3.63, 3.8) is 0 Å². The molecule has 2 heterocycles. The summed E-state index contributed by atoms with van der Waals surface area (Å²) in [5.74, 6) is 0.202. The molecule has 0 aliphatic carbocycles. The summed E-state index contributed by atoms with van der Waals surface area (Å²) >= 11 is 0. The van der Waals surface area contributed by atoms with Gasteiger partial charge in [-0.05, 0) is 42.0 Å². The van der Waals surface area contributed by atoms with Gasteiger partial charge in [-0.25, -0.2) is 0 Å². The number of anilines is 1. The SMILES string of the molecule is COc1ccc(N2C(=O)[C@@H](O[C@@H]3C=C[C@H](OC(C)=O)CO3)[C@H]2c2ccccc2)cc1. The third-order valence-electron chi connectivity index (χ3n) is 5.04. The molecule has 0 saturated carbocycles. The maximum absolute atomic E-state index is 13.0. The lowest BCUT2D eigenvalue weighted by Gasteiger charge is -2.47. The van der Waals surface area contributed by atoms with Crippen molar-refractivity contribution in [3.8, 4) is 5.75 Å². The molecule has 0 bridgehead atoms. The van der Waals surface area contributed by atoms with Crippen molar-refractivity contribution in [1.29, 1.82) is 0 Å². The summed E-state index contributed by atoms with van der Waals surface area (Å²) < 4.78 is 21.9. The minimum absolute atomic E-state index is 0.145. The van der Waals surface area contributed by atoms with Crippen LogP contribution in [0.3, 0.4) is 0 Å². The predicted octanol–water partition coefficient (Wildman–Crippen LogP) is 3.01. The molecule has 0 unspecified atom stereocenters. The van der Waals surface area contributed by atoms with Gasteiger partial charge in [-0.15, -0.1) is 0 Å². The molecule has 2 aromatic rings. The maximum Gasteiger partial charge on any atom is 0.303 e. The standard InChI is InChI=1S/C23H23NO6/c1-15(25)29-19-12-13-20(28-14-19)30-22-21(16-6-4-3-5-7-16)24(23(22)26)17-8-10-18(27-2)11-9-17/h3-13,19-22H,14H2,1-2H3/t19-,20+,21+,22-/m0/s1. The highest BCUT2D eigenvalue weighted by Crippen LogP contribution is 2.42. The molecule has 7 heteroatoms. The van der Waals surface area contributed by atoms with Gasteiger partial charge in [-0.2, -0.15) is 0 Å². The molecular formula is C23H23NO6. The highest BCUT2D eigenvalue weighted by atomic mass is 16.7. The fourth-order valence-electron chi connectivity index (χ4n) is 3.63. The number of hydrogen-bond donors (Lipinski definition) is 0. The number of β-lactam (4-membered cyclic amide) rings is 1. The second-order valence-electron chi connectivity index (χ2n) is 7.05. The summed E-state index contributed by atoms with van der Waals surface area (Å²) in [5, 5.41) is 0. The van der Waals surface area contributed by atoms with Crippen LogP contribution in [-0.2, 0) is 23.8 Å². The van der Waals surface area contributed by atoms with Crippen LogP contribution in [0.1, 0.15) is 18.5 Å². The van der Waals surface area contributed by atoms with E-state index in [4.69, 9.17) is 18.9 Å². The van der Waals surface area contributed by atoms with Crippen LogP contribution in [0.15, 0.2) is 66.7 Å². The Morgan fingerprint density at radius 1 is 1.07 bits per heavy atom. The molecule has 2 aliphatic heterocycles. The third-order valence-corrected chi connectivity index (χ3v) is 5.04. The normalized spacial score (nSPS) is 25.5. The number of amides is 1. The maximum atomic E-state index is 13.0. The zero-order chi connectivity index (χ0) is 21.1. The van der Waals surface area contributed by atoms with Crippen LogP contribution in [0.2, 0.25) is 0 Å². The molecule has 156 valence electrons. The number of carbonyl (C=O) groups excluding carboxylic acids is 2. The van der Waals surface area contributed by atoms with Gasteiger partial charge in [-0.1, -0.05) is 30.3 Å². The highest BCUT2D eigenvalue weighted by molar-refractivity contribution is 6.05. The largest absolute Gasteiger partial charge is 0.497 e.